The van der Waals surface area contributed by atoms with Gasteiger partial charge in [-0.3, -0.25) is 9.59 Å². The van der Waals surface area contributed by atoms with Crippen LogP contribution >= 0.6 is 11.3 Å². The Bertz CT molecular complexity index is 1050. The second-order valence-electron chi connectivity index (χ2n) is 6.55. The Morgan fingerprint density at radius 3 is 2.16 bits per heavy atom. The number of nitrogens with one attached hydrogen (secondary N) is 2. The Morgan fingerprint density at radius 1 is 0.968 bits per heavy atom. The molecule has 0 fully saturated rings. The Labute approximate surface area is 184 Å². The molecular weight excluding hydrogens is 418 g/mol. The highest BCUT2D eigenvalue weighted by molar-refractivity contribution is 7.14. The van der Waals surface area contributed by atoms with Crippen LogP contribution in [0.2, 0.25) is 0 Å². The predicted molar refractivity (Wildman–Crippen MR) is 120 cm³/mol. The summed E-state index contributed by atoms with van der Waals surface area (Å²) in [6.45, 7) is 1.46. The fourth-order valence-electron chi connectivity index (χ4n) is 2.98. The maximum Gasteiger partial charge on any atom is 0.230 e. The molecule has 8 nitrogen and oxygen atoms in total. The van der Waals surface area contributed by atoms with Crippen molar-refractivity contribution in [3.05, 3.63) is 47.3 Å². The third-order valence-corrected chi connectivity index (χ3v) is 5.10. The lowest BCUT2D eigenvalue weighted by Crippen LogP contribution is -2.14. The van der Waals surface area contributed by atoms with Crippen LogP contribution < -0.4 is 24.8 Å². The number of thiazole rings is 1. The quantitative estimate of drug-likeness (QED) is 0.549. The molecule has 0 unspecified atom stereocenters. The van der Waals surface area contributed by atoms with Crippen molar-refractivity contribution in [1.29, 1.82) is 0 Å². The van der Waals surface area contributed by atoms with Gasteiger partial charge in [0.15, 0.2) is 16.6 Å². The summed E-state index contributed by atoms with van der Waals surface area (Å²) in [5.41, 5.74) is 3.06. The van der Waals surface area contributed by atoms with Gasteiger partial charge in [0.05, 0.1) is 33.4 Å². The summed E-state index contributed by atoms with van der Waals surface area (Å²) >= 11 is 1.34. The first-order chi connectivity index (χ1) is 14.9. The van der Waals surface area contributed by atoms with Crippen molar-refractivity contribution in [2.75, 3.05) is 32.0 Å². The van der Waals surface area contributed by atoms with E-state index in [4.69, 9.17) is 14.2 Å². The van der Waals surface area contributed by atoms with Crippen molar-refractivity contribution >= 4 is 34.0 Å². The minimum atomic E-state index is -0.212. The lowest BCUT2D eigenvalue weighted by Gasteiger charge is -2.13. The third-order valence-electron chi connectivity index (χ3n) is 4.34. The average molecular weight is 442 g/mol. The molecular formula is C22H23N3O5S. The first kappa shape index (κ1) is 22.1. The van der Waals surface area contributed by atoms with Crippen molar-refractivity contribution in [2.24, 2.45) is 0 Å². The largest absolute Gasteiger partial charge is 0.493 e. The van der Waals surface area contributed by atoms with Crippen molar-refractivity contribution in [3.63, 3.8) is 0 Å². The SMILES string of the molecule is COc1cc(CC(=O)Nc2nc(-c3ccc(NC(C)=O)cc3)cs2)cc(OC)c1OC. The summed E-state index contributed by atoms with van der Waals surface area (Å²) in [7, 11) is 4.59. The molecule has 31 heavy (non-hydrogen) atoms. The lowest BCUT2D eigenvalue weighted by molar-refractivity contribution is -0.116. The molecule has 0 aliphatic rings. The van der Waals surface area contributed by atoms with Crippen LogP contribution in [0.5, 0.6) is 17.2 Å². The average Bonchev–Trinajstić information content (AvgIpc) is 3.21. The van der Waals surface area contributed by atoms with Crippen LogP contribution in [0.1, 0.15) is 12.5 Å². The Morgan fingerprint density at radius 2 is 1.61 bits per heavy atom. The van der Waals surface area contributed by atoms with Gasteiger partial charge in [-0.2, -0.15) is 0 Å². The molecule has 0 aliphatic carbocycles. The molecule has 2 N–H and O–H groups in total. The molecule has 0 bridgehead atoms. The number of rotatable bonds is 8. The van der Waals surface area contributed by atoms with E-state index in [-0.39, 0.29) is 18.2 Å². The van der Waals surface area contributed by atoms with Crippen molar-refractivity contribution < 1.29 is 23.8 Å². The fourth-order valence-corrected chi connectivity index (χ4v) is 3.71. The molecule has 162 valence electrons. The van der Waals surface area contributed by atoms with E-state index in [2.05, 4.69) is 15.6 Å². The first-order valence-corrected chi connectivity index (χ1v) is 10.2. The zero-order valence-electron chi connectivity index (χ0n) is 17.6. The van der Waals surface area contributed by atoms with Gasteiger partial charge in [-0.25, -0.2) is 4.98 Å². The fraction of sp³-hybridized carbons (Fsp3) is 0.227. The summed E-state index contributed by atoms with van der Waals surface area (Å²) in [5, 5.41) is 7.90. The van der Waals surface area contributed by atoms with Crippen LogP contribution in [-0.2, 0) is 16.0 Å². The van der Waals surface area contributed by atoms with Gasteiger partial charge in [0.2, 0.25) is 17.6 Å². The molecule has 3 aromatic rings. The molecule has 2 aromatic carbocycles. The summed E-state index contributed by atoms with van der Waals surface area (Å²) in [4.78, 5) is 28.1. The maximum absolute atomic E-state index is 12.5. The van der Waals surface area contributed by atoms with E-state index in [0.29, 0.717) is 28.1 Å². The van der Waals surface area contributed by atoms with Gasteiger partial charge in [-0.15, -0.1) is 11.3 Å². The number of ether oxygens (including phenoxy) is 3. The highest BCUT2D eigenvalue weighted by atomic mass is 32.1. The minimum Gasteiger partial charge on any atom is -0.493 e. The van der Waals surface area contributed by atoms with Crippen LogP contribution in [0.4, 0.5) is 10.8 Å². The normalized spacial score (nSPS) is 10.3. The third kappa shape index (κ3) is 5.52. The number of carbonyl (C=O) groups is 2. The van der Waals surface area contributed by atoms with Crippen molar-refractivity contribution in [1.82, 2.24) is 4.98 Å². The van der Waals surface area contributed by atoms with Crippen LogP contribution in [-0.4, -0.2) is 38.1 Å². The zero-order chi connectivity index (χ0) is 22.4. The smallest absolute Gasteiger partial charge is 0.230 e. The van der Waals surface area contributed by atoms with E-state index in [1.807, 2.05) is 17.5 Å². The van der Waals surface area contributed by atoms with E-state index in [1.165, 1.54) is 39.6 Å². The standard InChI is InChI=1S/C22H23N3O5S/c1-13(26)23-16-7-5-15(6-8-16)17-12-31-22(24-17)25-20(27)11-14-9-18(28-2)21(30-4)19(10-14)29-3/h5-10,12H,11H2,1-4H3,(H,23,26)(H,24,25,27). The van der Waals surface area contributed by atoms with Crippen LogP contribution in [0.25, 0.3) is 11.3 Å². The minimum absolute atomic E-state index is 0.122. The van der Waals surface area contributed by atoms with Crippen LogP contribution in [0.3, 0.4) is 0 Å². The number of nitrogens with zero attached hydrogens (tertiary/aromatic N) is 1. The predicted octanol–water partition coefficient (Wildman–Crippen LogP) is 3.98. The van der Waals surface area contributed by atoms with Gasteiger partial charge in [-0.1, -0.05) is 12.1 Å². The summed E-state index contributed by atoms with van der Waals surface area (Å²) in [5.74, 6) is 1.12. The number of benzene rings is 2. The maximum atomic E-state index is 12.5. The number of hydrogen-bond donors (Lipinski definition) is 2. The molecule has 0 saturated heterocycles. The molecule has 0 saturated carbocycles. The zero-order valence-corrected chi connectivity index (χ0v) is 18.5. The molecule has 2 amide bonds. The van der Waals surface area contributed by atoms with E-state index in [9.17, 15) is 9.59 Å². The van der Waals surface area contributed by atoms with Gasteiger partial charge in [0.1, 0.15) is 0 Å². The van der Waals surface area contributed by atoms with Gasteiger partial charge in [0.25, 0.3) is 0 Å². The number of amides is 2. The molecule has 9 heteroatoms. The molecule has 1 aromatic heterocycles. The van der Waals surface area contributed by atoms with Crippen molar-refractivity contribution in [2.45, 2.75) is 13.3 Å². The molecule has 0 spiro atoms. The summed E-state index contributed by atoms with van der Waals surface area (Å²) in [6.07, 6.45) is 0.122. The molecule has 3 rings (SSSR count). The van der Waals surface area contributed by atoms with Gasteiger partial charge in [-0.05, 0) is 29.8 Å². The van der Waals surface area contributed by atoms with Crippen molar-refractivity contribution in [3.8, 4) is 28.5 Å². The van der Waals surface area contributed by atoms with Crippen LogP contribution in [0.15, 0.2) is 41.8 Å². The Balaban J connectivity index is 1.68. The van der Waals surface area contributed by atoms with E-state index in [1.54, 1.807) is 24.3 Å². The van der Waals surface area contributed by atoms with Gasteiger partial charge in [0, 0.05) is 23.6 Å². The van der Waals surface area contributed by atoms with E-state index >= 15 is 0 Å². The van der Waals surface area contributed by atoms with E-state index < -0.39 is 0 Å². The highest BCUT2D eigenvalue weighted by Crippen LogP contribution is 2.38. The topological polar surface area (TPSA) is 98.8 Å². The molecule has 1 heterocycles. The Kier molecular flexibility index (Phi) is 7.09. The number of hydrogen-bond acceptors (Lipinski definition) is 7. The lowest BCUT2D eigenvalue weighted by atomic mass is 10.1. The summed E-state index contributed by atoms with van der Waals surface area (Å²) in [6, 6.07) is 10.8. The second kappa shape index (κ2) is 9.94. The molecule has 0 atom stereocenters. The number of anilines is 2. The first-order valence-electron chi connectivity index (χ1n) is 9.35. The van der Waals surface area contributed by atoms with Crippen LogP contribution in [0, 0.1) is 0 Å². The number of aromatic nitrogens is 1. The second-order valence-corrected chi connectivity index (χ2v) is 7.41. The number of carbonyl (C=O) groups excluding carboxylic acids is 2. The van der Waals surface area contributed by atoms with E-state index in [0.717, 1.165) is 16.8 Å². The molecule has 0 radical (unpaired) electrons. The number of methoxy groups -OCH3 is 3. The van der Waals surface area contributed by atoms with Gasteiger partial charge >= 0.3 is 0 Å². The highest BCUT2D eigenvalue weighted by Gasteiger charge is 2.16. The Hall–Kier alpha value is -3.59. The van der Waals surface area contributed by atoms with Gasteiger partial charge < -0.3 is 24.8 Å². The monoisotopic (exact) mass is 441 g/mol. The summed E-state index contributed by atoms with van der Waals surface area (Å²) < 4.78 is 16.0. The molecule has 0 aliphatic heterocycles.